The lowest BCUT2D eigenvalue weighted by Gasteiger charge is -2.17. The summed E-state index contributed by atoms with van der Waals surface area (Å²) in [6, 6.07) is -1.77. The number of carbonyl (C=O) groups excluding carboxylic acids is 1. The van der Waals surface area contributed by atoms with Gasteiger partial charge in [0.2, 0.25) is 5.91 Å². The topological polar surface area (TPSA) is 73.8 Å². The normalized spacial score (nSPS) is 13.7. The zero-order valence-corrected chi connectivity index (χ0v) is 9.45. The Morgan fingerprint density at radius 3 is 2.53 bits per heavy atom. The molecule has 0 fully saturated rings. The second-order valence-corrected chi connectivity index (χ2v) is 3.64. The van der Waals surface area contributed by atoms with Crippen molar-refractivity contribution >= 4 is 5.91 Å². The van der Waals surface area contributed by atoms with Crippen LogP contribution in [0.15, 0.2) is 0 Å². The molecule has 1 rings (SSSR count). The van der Waals surface area contributed by atoms with Crippen LogP contribution in [-0.2, 0) is 17.6 Å². The van der Waals surface area contributed by atoms with Crippen LogP contribution in [0.25, 0.3) is 0 Å². The number of nitrogens with zero attached hydrogens (tertiary/aromatic N) is 3. The van der Waals surface area contributed by atoms with Crippen LogP contribution in [0.3, 0.4) is 0 Å². The number of rotatable bonds is 4. The van der Waals surface area contributed by atoms with Crippen LogP contribution < -0.4 is 5.73 Å². The molecule has 1 aromatic heterocycles. The van der Waals surface area contributed by atoms with E-state index in [1.165, 1.54) is 0 Å². The minimum absolute atomic E-state index is 0.201. The molecule has 2 N–H and O–H groups in total. The molecule has 8 heteroatoms. The van der Waals surface area contributed by atoms with Gasteiger partial charge in [-0.25, -0.2) is 4.68 Å². The summed E-state index contributed by atoms with van der Waals surface area (Å²) in [5, 5.41) is 7.02. The van der Waals surface area contributed by atoms with E-state index in [0.29, 0.717) is 6.42 Å². The minimum Gasteiger partial charge on any atom is -0.369 e. The summed E-state index contributed by atoms with van der Waals surface area (Å²) in [5.41, 5.74) is 5.47. The largest absolute Gasteiger partial charge is 0.410 e. The fraction of sp³-hybridized carbons (Fsp3) is 0.667. The molecule has 0 spiro atoms. The summed E-state index contributed by atoms with van der Waals surface area (Å²) in [6.07, 6.45) is -4.30. The molecule has 1 unspecified atom stereocenters. The first kappa shape index (κ1) is 13.5. The van der Waals surface area contributed by atoms with Crippen molar-refractivity contribution in [3.63, 3.8) is 0 Å². The Bertz CT molecular complexity index is 413. The lowest BCUT2D eigenvalue weighted by molar-refractivity contribution is -0.166. The highest BCUT2D eigenvalue weighted by Gasteiger charge is 2.39. The van der Waals surface area contributed by atoms with Gasteiger partial charge in [-0.15, -0.1) is 5.10 Å². The molecule has 96 valence electrons. The van der Waals surface area contributed by atoms with Crippen LogP contribution in [0.2, 0.25) is 0 Å². The smallest absolute Gasteiger partial charge is 0.369 e. The highest BCUT2D eigenvalue weighted by molar-refractivity contribution is 5.76. The van der Waals surface area contributed by atoms with E-state index in [2.05, 4.69) is 10.3 Å². The molecule has 17 heavy (non-hydrogen) atoms. The third-order valence-corrected chi connectivity index (χ3v) is 2.39. The molecule has 1 atom stereocenters. The number of halogens is 3. The van der Waals surface area contributed by atoms with Crippen molar-refractivity contribution < 1.29 is 18.0 Å². The molecule has 0 aliphatic rings. The van der Waals surface area contributed by atoms with Crippen molar-refractivity contribution in [1.82, 2.24) is 15.0 Å². The van der Waals surface area contributed by atoms with Gasteiger partial charge in [0, 0.05) is 0 Å². The summed E-state index contributed by atoms with van der Waals surface area (Å²) >= 11 is 0. The van der Waals surface area contributed by atoms with Gasteiger partial charge in [0.25, 0.3) is 0 Å². The lowest BCUT2D eigenvalue weighted by atomic mass is 10.2. The molecule has 0 aromatic carbocycles. The van der Waals surface area contributed by atoms with Crippen molar-refractivity contribution in [2.45, 2.75) is 38.9 Å². The Balaban J connectivity index is 3.10. The second-order valence-electron chi connectivity index (χ2n) is 3.64. The van der Waals surface area contributed by atoms with Gasteiger partial charge >= 0.3 is 6.18 Å². The van der Waals surface area contributed by atoms with Gasteiger partial charge in [-0.3, -0.25) is 4.79 Å². The van der Waals surface area contributed by atoms with E-state index in [1.807, 2.05) is 0 Å². The summed E-state index contributed by atoms with van der Waals surface area (Å²) in [7, 11) is 0. The van der Waals surface area contributed by atoms with Gasteiger partial charge in [-0.05, 0) is 13.3 Å². The van der Waals surface area contributed by atoms with E-state index in [0.717, 1.165) is 11.6 Å². The number of amides is 1. The molecule has 1 aromatic rings. The minimum atomic E-state index is -4.40. The molecular weight excluding hydrogens is 237 g/mol. The Morgan fingerprint density at radius 1 is 1.53 bits per heavy atom. The number of alkyl halides is 3. The fourth-order valence-corrected chi connectivity index (χ4v) is 1.46. The molecule has 1 amide bonds. The first-order valence-corrected chi connectivity index (χ1v) is 5.05. The molecule has 0 saturated heterocycles. The Labute approximate surface area is 95.8 Å². The van der Waals surface area contributed by atoms with Gasteiger partial charge in [0.1, 0.15) is 6.04 Å². The highest BCUT2D eigenvalue weighted by Crippen LogP contribution is 2.30. The average molecular weight is 250 g/mol. The van der Waals surface area contributed by atoms with Crippen LogP contribution in [0.5, 0.6) is 0 Å². The zero-order valence-electron chi connectivity index (χ0n) is 9.45. The Morgan fingerprint density at radius 2 is 2.12 bits per heavy atom. The van der Waals surface area contributed by atoms with Gasteiger partial charge in [0.05, 0.1) is 17.8 Å². The predicted molar refractivity (Wildman–Crippen MR) is 53.1 cm³/mol. The van der Waals surface area contributed by atoms with Gasteiger partial charge in [-0.2, -0.15) is 13.2 Å². The van der Waals surface area contributed by atoms with Crippen LogP contribution >= 0.6 is 0 Å². The molecule has 0 radical (unpaired) electrons. The zero-order chi connectivity index (χ0) is 13.2. The Kier molecular flexibility index (Phi) is 3.74. The number of hydrogen-bond acceptors (Lipinski definition) is 3. The van der Waals surface area contributed by atoms with E-state index in [9.17, 15) is 18.0 Å². The fourth-order valence-electron chi connectivity index (χ4n) is 1.46. The van der Waals surface area contributed by atoms with Crippen molar-refractivity contribution in [2.75, 3.05) is 0 Å². The maximum Gasteiger partial charge on any atom is 0.410 e. The van der Waals surface area contributed by atoms with Crippen molar-refractivity contribution in [1.29, 1.82) is 0 Å². The summed E-state index contributed by atoms with van der Waals surface area (Å²) < 4.78 is 38.4. The van der Waals surface area contributed by atoms with Crippen LogP contribution in [0, 0.1) is 0 Å². The second kappa shape index (κ2) is 4.72. The van der Waals surface area contributed by atoms with Crippen LogP contribution in [0.4, 0.5) is 13.2 Å². The summed E-state index contributed by atoms with van der Waals surface area (Å²) in [6.45, 7) is 2.66. The maximum atomic E-state index is 12.5. The van der Waals surface area contributed by atoms with E-state index < -0.39 is 18.1 Å². The summed E-state index contributed by atoms with van der Waals surface area (Å²) in [4.78, 5) is 10.7. The maximum absolute atomic E-state index is 12.5. The van der Waals surface area contributed by atoms with E-state index in [-0.39, 0.29) is 17.8 Å². The summed E-state index contributed by atoms with van der Waals surface area (Å²) in [5.74, 6) is -0.647. The van der Waals surface area contributed by atoms with E-state index in [1.54, 1.807) is 6.92 Å². The van der Waals surface area contributed by atoms with Gasteiger partial charge in [0.15, 0.2) is 0 Å². The molecule has 0 aliphatic heterocycles. The van der Waals surface area contributed by atoms with Crippen molar-refractivity contribution in [3.8, 4) is 0 Å². The third-order valence-electron chi connectivity index (χ3n) is 2.39. The Hall–Kier alpha value is -1.60. The third kappa shape index (κ3) is 2.95. The van der Waals surface area contributed by atoms with E-state index >= 15 is 0 Å². The number of hydrogen-bond donors (Lipinski definition) is 1. The molecular formula is C9H13F3N4O. The van der Waals surface area contributed by atoms with Crippen molar-refractivity contribution in [3.05, 3.63) is 11.4 Å². The average Bonchev–Trinajstić information content (AvgIpc) is 2.57. The molecule has 5 nitrogen and oxygen atoms in total. The highest BCUT2D eigenvalue weighted by atomic mass is 19.4. The number of primary amides is 1. The molecule has 1 heterocycles. The van der Waals surface area contributed by atoms with Gasteiger partial charge in [-0.1, -0.05) is 12.1 Å². The quantitative estimate of drug-likeness (QED) is 0.866. The number of nitrogens with two attached hydrogens (primary N) is 1. The van der Waals surface area contributed by atoms with E-state index in [4.69, 9.17) is 5.73 Å². The first-order chi connectivity index (χ1) is 7.77. The first-order valence-electron chi connectivity index (χ1n) is 5.05. The molecule has 0 bridgehead atoms. The van der Waals surface area contributed by atoms with Crippen LogP contribution in [0.1, 0.15) is 31.3 Å². The molecule has 0 saturated carbocycles. The molecule has 0 aliphatic carbocycles. The lowest BCUT2D eigenvalue weighted by Crippen LogP contribution is -2.26. The SMILES string of the molecule is CCc1c(CC(N)=O)nnn1C(C)C(F)(F)F. The number of aromatic nitrogens is 3. The van der Waals surface area contributed by atoms with Gasteiger partial charge < -0.3 is 5.73 Å². The predicted octanol–water partition coefficient (Wildman–Crippen LogP) is 0.992. The monoisotopic (exact) mass is 250 g/mol. The number of carbonyl (C=O) groups is 1. The van der Waals surface area contributed by atoms with Crippen molar-refractivity contribution in [2.24, 2.45) is 5.73 Å². The standard InChI is InChI=1S/C9H13F3N4O/c1-3-7-6(4-8(13)17)14-15-16(7)5(2)9(10,11)12/h5H,3-4H2,1-2H3,(H2,13,17). The van der Waals surface area contributed by atoms with Crippen LogP contribution in [-0.4, -0.2) is 27.1 Å².